The van der Waals surface area contributed by atoms with Gasteiger partial charge in [-0.1, -0.05) is 19.9 Å². The van der Waals surface area contributed by atoms with Gasteiger partial charge in [0, 0.05) is 18.2 Å². The largest absolute Gasteiger partial charge is 0.365 e. The molecule has 1 fully saturated rings. The normalized spacial score (nSPS) is 15.1. The van der Waals surface area contributed by atoms with E-state index < -0.39 is 0 Å². The summed E-state index contributed by atoms with van der Waals surface area (Å²) in [5.74, 6) is 0.164. The van der Waals surface area contributed by atoms with E-state index in [0.717, 1.165) is 25.7 Å². The Kier molecular flexibility index (Phi) is 3.46. The first-order valence-electron chi connectivity index (χ1n) is 6.13. The zero-order valence-electron chi connectivity index (χ0n) is 10.3. The van der Waals surface area contributed by atoms with E-state index in [-0.39, 0.29) is 5.82 Å². The van der Waals surface area contributed by atoms with E-state index in [1.165, 1.54) is 6.07 Å². The quantitative estimate of drug-likeness (QED) is 0.730. The molecule has 17 heavy (non-hydrogen) atoms. The van der Waals surface area contributed by atoms with Gasteiger partial charge in [0.15, 0.2) is 6.29 Å². The van der Waals surface area contributed by atoms with Crippen molar-refractivity contribution in [2.45, 2.75) is 32.7 Å². The fourth-order valence-electron chi connectivity index (χ4n) is 2.13. The summed E-state index contributed by atoms with van der Waals surface area (Å²) in [5.41, 5.74) is 0.941. The van der Waals surface area contributed by atoms with Crippen molar-refractivity contribution in [3.8, 4) is 0 Å². The lowest BCUT2D eigenvalue weighted by Crippen LogP contribution is -2.31. The molecule has 1 aliphatic rings. The predicted molar refractivity (Wildman–Crippen MR) is 67.0 cm³/mol. The summed E-state index contributed by atoms with van der Waals surface area (Å²) in [7, 11) is 0. The number of carbonyl (C=O) groups excluding carboxylic acids is 1. The number of hydrogen-bond donors (Lipinski definition) is 0. The van der Waals surface area contributed by atoms with Crippen molar-refractivity contribution in [1.82, 2.24) is 0 Å². The van der Waals surface area contributed by atoms with Crippen LogP contribution in [-0.2, 0) is 0 Å². The first-order chi connectivity index (χ1) is 8.13. The molecule has 1 aromatic rings. The van der Waals surface area contributed by atoms with Crippen molar-refractivity contribution in [3.63, 3.8) is 0 Å². The Morgan fingerprint density at radius 3 is 2.71 bits per heavy atom. The number of hydrogen-bond acceptors (Lipinski definition) is 2. The summed E-state index contributed by atoms with van der Waals surface area (Å²) in [6.07, 6.45) is 2.94. The van der Waals surface area contributed by atoms with E-state index in [4.69, 9.17) is 0 Å². The molecule has 0 aromatic heterocycles. The SMILES string of the molecule is CC(C)CN(c1c(F)cccc1C=O)C1CC1. The minimum Gasteiger partial charge on any atom is -0.365 e. The number of aldehydes is 1. The predicted octanol–water partition coefficient (Wildman–Crippen LogP) is 3.26. The molecule has 1 aliphatic carbocycles. The number of nitrogens with zero attached hydrogens (tertiary/aromatic N) is 1. The Morgan fingerprint density at radius 2 is 2.18 bits per heavy atom. The van der Waals surface area contributed by atoms with Gasteiger partial charge in [0.05, 0.1) is 5.69 Å². The first kappa shape index (κ1) is 12.1. The monoisotopic (exact) mass is 235 g/mol. The number of halogens is 1. The topological polar surface area (TPSA) is 20.3 Å². The molecule has 0 saturated heterocycles. The second-order valence-corrected chi connectivity index (χ2v) is 5.07. The Balaban J connectivity index is 2.37. The zero-order chi connectivity index (χ0) is 12.4. The van der Waals surface area contributed by atoms with Gasteiger partial charge < -0.3 is 4.90 Å². The molecule has 0 heterocycles. The Hall–Kier alpha value is -1.38. The number of rotatable bonds is 5. The number of para-hydroxylation sites is 1. The van der Waals surface area contributed by atoms with Crippen molar-refractivity contribution in [2.75, 3.05) is 11.4 Å². The molecule has 0 atom stereocenters. The number of benzene rings is 1. The van der Waals surface area contributed by atoms with E-state index in [1.54, 1.807) is 12.1 Å². The van der Waals surface area contributed by atoms with E-state index in [0.29, 0.717) is 23.2 Å². The maximum Gasteiger partial charge on any atom is 0.152 e. The highest BCUT2D eigenvalue weighted by Crippen LogP contribution is 2.35. The summed E-state index contributed by atoms with van der Waals surface area (Å²) in [4.78, 5) is 13.1. The van der Waals surface area contributed by atoms with E-state index in [1.807, 2.05) is 0 Å². The van der Waals surface area contributed by atoms with Gasteiger partial charge >= 0.3 is 0 Å². The minimum atomic E-state index is -0.290. The molecule has 0 aliphatic heterocycles. The molecule has 0 unspecified atom stereocenters. The van der Waals surface area contributed by atoms with Crippen LogP contribution in [0.1, 0.15) is 37.0 Å². The Labute approximate surface area is 101 Å². The minimum absolute atomic E-state index is 0.290. The molecule has 92 valence electrons. The summed E-state index contributed by atoms with van der Waals surface area (Å²) >= 11 is 0. The Bertz CT molecular complexity index is 413. The standard InChI is InChI=1S/C14H18FNO/c1-10(2)8-16(12-6-7-12)14-11(9-17)4-3-5-13(14)15/h3-5,9-10,12H,6-8H2,1-2H3. The van der Waals surface area contributed by atoms with Gasteiger partial charge in [-0.15, -0.1) is 0 Å². The lowest BCUT2D eigenvalue weighted by Gasteiger charge is -2.28. The number of anilines is 1. The molecule has 2 rings (SSSR count). The van der Waals surface area contributed by atoms with Gasteiger partial charge in [-0.2, -0.15) is 0 Å². The van der Waals surface area contributed by atoms with E-state index >= 15 is 0 Å². The van der Waals surface area contributed by atoms with Crippen molar-refractivity contribution in [2.24, 2.45) is 5.92 Å². The van der Waals surface area contributed by atoms with Crippen LogP contribution in [0.5, 0.6) is 0 Å². The van der Waals surface area contributed by atoms with Crippen LogP contribution in [0.2, 0.25) is 0 Å². The third-order valence-corrected chi connectivity index (χ3v) is 2.98. The van der Waals surface area contributed by atoms with Gasteiger partial charge in [0.25, 0.3) is 0 Å². The van der Waals surface area contributed by atoms with E-state index in [2.05, 4.69) is 18.7 Å². The molecule has 0 radical (unpaired) electrons. The highest BCUT2D eigenvalue weighted by molar-refractivity contribution is 5.85. The van der Waals surface area contributed by atoms with Crippen LogP contribution in [0, 0.1) is 11.7 Å². The molecule has 3 heteroatoms. The zero-order valence-corrected chi connectivity index (χ0v) is 10.3. The molecular weight excluding hydrogens is 217 g/mol. The average Bonchev–Trinajstić information content (AvgIpc) is 3.09. The third-order valence-electron chi connectivity index (χ3n) is 2.98. The van der Waals surface area contributed by atoms with Crippen molar-refractivity contribution >= 4 is 12.0 Å². The summed E-state index contributed by atoms with van der Waals surface area (Å²) < 4.78 is 13.9. The molecule has 0 bridgehead atoms. The third kappa shape index (κ3) is 2.65. The average molecular weight is 235 g/mol. The van der Waals surface area contributed by atoms with Crippen LogP contribution in [0.3, 0.4) is 0 Å². The maximum absolute atomic E-state index is 13.9. The van der Waals surface area contributed by atoms with Crippen LogP contribution in [0.15, 0.2) is 18.2 Å². The summed E-state index contributed by atoms with van der Waals surface area (Å²) in [6, 6.07) is 5.11. The van der Waals surface area contributed by atoms with Crippen LogP contribution < -0.4 is 4.90 Å². The summed E-state index contributed by atoms with van der Waals surface area (Å²) in [6.45, 7) is 5.01. The second kappa shape index (κ2) is 4.86. The first-order valence-corrected chi connectivity index (χ1v) is 6.13. The highest BCUT2D eigenvalue weighted by Gasteiger charge is 2.32. The molecule has 1 saturated carbocycles. The molecule has 0 amide bonds. The van der Waals surface area contributed by atoms with Gasteiger partial charge in [0.1, 0.15) is 5.82 Å². The molecule has 0 spiro atoms. The number of carbonyl (C=O) groups is 1. The fourth-order valence-corrected chi connectivity index (χ4v) is 2.13. The maximum atomic E-state index is 13.9. The van der Waals surface area contributed by atoms with Crippen molar-refractivity contribution in [3.05, 3.63) is 29.6 Å². The molecule has 2 nitrogen and oxygen atoms in total. The lowest BCUT2D eigenvalue weighted by molar-refractivity contribution is 0.112. The highest BCUT2D eigenvalue weighted by atomic mass is 19.1. The Morgan fingerprint density at radius 1 is 1.47 bits per heavy atom. The lowest BCUT2D eigenvalue weighted by atomic mass is 10.1. The molecule has 0 N–H and O–H groups in total. The van der Waals surface area contributed by atoms with Gasteiger partial charge in [-0.25, -0.2) is 4.39 Å². The fraction of sp³-hybridized carbons (Fsp3) is 0.500. The van der Waals surface area contributed by atoms with Gasteiger partial charge in [0.2, 0.25) is 0 Å². The van der Waals surface area contributed by atoms with Crippen molar-refractivity contribution in [1.29, 1.82) is 0 Å². The van der Waals surface area contributed by atoms with Crippen LogP contribution in [-0.4, -0.2) is 18.9 Å². The second-order valence-electron chi connectivity index (χ2n) is 5.07. The van der Waals surface area contributed by atoms with Crippen LogP contribution in [0.4, 0.5) is 10.1 Å². The van der Waals surface area contributed by atoms with Crippen LogP contribution >= 0.6 is 0 Å². The van der Waals surface area contributed by atoms with Crippen LogP contribution in [0.25, 0.3) is 0 Å². The molecular formula is C14H18FNO. The van der Waals surface area contributed by atoms with Gasteiger partial charge in [-0.05, 0) is 30.9 Å². The smallest absolute Gasteiger partial charge is 0.152 e. The molecule has 1 aromatic carbocycles. The van der Waals surface area contributed by atoms with Gasteiger partial charge in [-0.3, -0.25) is 4.79 Å². The van der Waals surface area contributed by atoms with Crippen molar-refractivity contribution < 1.29 is 9.18 Å². The van der Waals surface area contributed by atoms with E-state index in [9.17, 15) is 9.18 Å². The summed E-state index contributed by atoms with van der Waals surface area (Å²) in [5, 5.41) is 0.